The summed E-state index contributed by atoms with van der Waals surface area (Å²) in [5.41, 5.74) is 2.74. The summed E-state index contributed by atoms with van der Waals surface area (Å²) in [5, 5.41) is 17.1. The first-order valence-corrected chi connectivity index (χ1v) is 16.2. The SMILES string of the molecule is Cc1cccnc1N(C(=O)c1ccc(-c2cnn(C)c2-c2nnn(C(C)OC(=O)OC(C)C)n2)cc1)[C@@H]1CCCN(C(=O)OC(C)(C)C)C1. The molecule has 0 spiro atoms. The molecular formula is C34H43N9O6. The molecule has 0 radical (unpaired) electrons. The number of rotatable bonds is 8. The van der Waals surface area contributed by atoms with Gasteiger partial charge in [0.25, 0.3) is 5.91 Å². The van der Waals surface area contributed by atoms with Crippen molar-refractivity contribution in [3.05, 3.63) is 59.9 Å². The van der Waals surface area contributed by atoms with Crippen LogP contribution in [0.5, 0.6) is 0 Å². The van der Waals surface area contributed by atoms with E-state index in [9.17, 15) is 14.4 Å². The van der Waals surface area contributed by atoms with Crippen molar-refractivity contribution in [3.63, 3.8) is 0 Å². The minimum atomic E-state index is -0.861. The first-order valence-electron chi connectivity index (χ1n) is 16.2. The summed E-state index contributed by atoms with van der Waals surface area (Å²) >= 11 is 0. The molecule has 0 bridgehead atoms. The number of piperidine rings is 1. The minimum Gasteiger partial charge on any atom is -0.444 e. The van der Waals surface area contributed by atoms with Gasteiger partial charge in [0.15, 0.2) is 0 Å². The zero-order valence-corrected chi connectivity index (χ0v) is 29.2. The Morgan fingerprint density at radius 1 is 1.04 bits per heavy atom. The molecule has 15 heteroatoms. The molecule has 15 nitrogen and oxygen atoms in total. The largest absolute Gasteiger partial charge is 0.510 e. The normalized spacial score (nSPS) is 15.5. The van der Waals surface area contributed by atoms with Crippen LogP contribution in [0.1, 0.15) is 76.5 Å². The molecule has 3 aromatic heterocycles. The first kappa shape index (κ1) is 35.0. The number of ether oxygens (including phenoxy) is 3. The van der Waals surface area contributed by atoms with Gasteiger partial charge in [0.2, 0.25) is 12.1 Å². The highest BCUT2D eigenvalue weighted by Gasteiger charge is 2.35. The summed E-state index contributed by atoms with van der Waals surface area (Å²) in [6, 6.07) is 10.6. The maximum absolute atomic E-state index is 14.3. The van der Waals surface area contributed by atoms with E-state index in [4.69, 9.17) is 14.2 Å². The Morgan fingerprint density at radius 3 is 2.45 bits per heavy atom. The lowest BCUT2D eigenvalue weighted by Crippen LogP contribution is -2.53. The van der Waals surface area contributed by atoms with Crippen molar-refractivity contribution >= 4 is 24.0 Å². The highest BCUT2D eigenvalue weighted by molar-refractivity contribution is 6.06. The summed E-state index contributed by atoms with van der Waals surface area (Å²) < 4.78 is 17.5. The van der Waals surface area contributed by atoms with Gasteiger partial charge in [-0.05, 0) is 95.8 Å². The summed E-state index contributed by atoms with van der Waals surface area (Å²) in [5.74, 6) is 0.587. The van der Waals surface area contributed by atoms with E-state index in [2.05, 4.69) is 25.5 Å². The second-order valence-electron chi connectivity index (χ2n) is 13.2. The second-order valence-corrected chi connectivity index (χ2v) is 13.2. The third-order valence-electron chi connectivity index (χ3n) is 7.79. The number of carbonyl (C=O) groups excluding carboxylic acids is 3. The van der Waals surface area contributed by atoms with Crippen molar-refractivity contribution in [2.45, 2.75) is 85.3 Å². The molecule has 1 aliphatic rings. The molecule has 260 valence electrons. The molecule has 5 rings (SSSR count). The van der Waals surface area contributed by atoms with Crippen LogP contribution in [0.4, 0.5) is 15.4 Å². The van der Waals surface area contributed by atoms with Crippen LogP contribution in [-0.2, 0) is 21.3 Å². The molecular weight excluding hydrogens is 630 g/mol. The minimum absolute atomic E-state index is 0.231. The number of tetrazole rings is 1. The van der Waals surface area contributed by atoms with Gasteiger partial charge >= 0.3 is 12.2 Å². The van der Waals surface area contributed by atoms with Gasteiger partial charge in [-0.25, -0.2) is 14.6 Å². The van der Waals surface area contributed by atoms with Gasteiger partial charge in [0.05, 0.1) is 18.3 Å². The van der Waals surface area contributed by atoms with Crippen LogP contribution in [-0.4, -0.2) is 88.9 Å². The van der Waals surface area contributed by atoms with E-state index in [1.807, 2.05) is 52.0 Å². The Kier molecular flexibility index (Phi) is 10.3. The maximum Gasteiger partial charge on any atom is 0.510 e. The first-order chi connectivity index (χ1) is 23.2. The Bertz CT molecular complexity index is 1790. The van der Waals surface area contributed by atoms with Gasteiger partial charge in [-0.2, -0.15) is 5.10 Å². The Labute approximate surface area is 285 Å². The number of nitrogens with zero attached hydrogens (tertiary/aromatic N) is 9. The predicted molar refractivity (Wildman–Crippen MR) is 179 cm³/mol. The van der Waals surface area contributed by atoms with E-state index in [1.54, 1.807) is 66.8 Å². The van der Waals surface area contributed by atoms with E-state index in [1.165, 1.54) is 4.80 Å². The third kappa shape index (κ3) is 8.21. The summed E-state index contributed by atoms with van der Waals surface area (Å²) in [4.78, 5) is 48.4. The van der Waals surface area contributed by atoms with E-state index < -0.39 is 24.1 Å². The van der Waals surface area contributed by atoms with Gasteiger partial charge in [-0.3, -0.25) is 14.4 Å². The van der Waals surface area contributed by atoms with E-state index >= 15 is 0 Å². The van der Waals surface area contributed by atoms with Crippen LogP contribution >= 0.6 is 0 Å². The Hall–Kier alpha value is -5.34. The number of carbonyl (C=O) groups is 3. The fraction of sp³-hybridized carbons (Fsp3) is 0.471. The Morgan fingerprint density at radius 2 is 1.78 bits per heavy atom. The Balaban J connectivity index is 1.39. The fourth-order valence-electron chi connectivity index (χ4n) is 5.55. The lowest BCUT2D eigenvalue weighted by molar-refractivity contribution is -0.0197. The molecule has 4 aromatic rings. The average molecular weight is 674 g/mol. The average Bonchev–Trinajstić information content (AvgIpc) is 3.68. The summed E-state index contributed by atoms with van der Waals surface area (Å²) in [6.45, 7) is 13.3. The molecule has 0 aliphatic carbocycles. The number of hydrogen-bond donors (Lipinski definition) is 0. The molecule has 4 heterocycles. The summed E-state index contributed by atoms with van der Waals surface area (Å²) in [6.07, 6.45) is 2.34. The van der Waals surface area contributed by atoms with Crippen molar-refractivity contribution in [2.75, 3.05) is 18.0 Å². The van der Waals surface area contributed by atoms with Crippen molar-refractivity contribution in [1.29, 1.82) is 0 Å². The molecule has 2 atom stereocenters. The lowest BCUT2D eigenvalue weighted by Gasteiger charge is -2.39. The molecule has 1 unspecified atom stereocenters. The van der Waals surface area contributed by atoms with Gasteiger partial charge in [-0.1, -0.05) is 18.2 Å². The van der Waals surface area contributed by atoms with Gasteiger partial charge < -0.3 is 19.1 Å². The number of aromatic nitrogens is 7. The van der Waals surface area contributed by atoms with Crippen LogP contribution in [0.25, 0.3) is 22.6 Å². The smallest absolute Gasteiger partial charge is 0.444 e. The number of anilines is 1. The number of benzene rings is 1. The zero-order chi connectivity index (χ0) is 35.5. The quantitative estimate of drug-likeness (QED) is 0.215. The van der Waals surface area contributed by atoms with Gasteiger partial charge in [0, 0.05) is 37.5 Å². The lowest BCUT2D eigenvalue weighted by atomic mass is 10.0. The van der Waals surface area contributed by atoms with Gasteiger partial charge in [0.1, 0.15) is 17.1 Å². The van der Waals surface area contributed by atoms with Crippen molar-refractivity contribution in [2.24, 2.45) is 7.05 Å². The molecule has 0 saturated carbocycles. The highest BCUT2D eigenvalue weighted by atomic mass is 16.7. The maximum atomic E-state index is 14.3. The standard InChI is InChI=1S/C34H43N9O6/c1-21(2)47-33(46)48-23(4)43-38-29(37-39-43)28-27(19-36-40(28)8)24-13-15-25(16-14-24)31(44)42(30-22(3)11-9-17-35-30)26-12-10-18-41(20-26)32(45)49-34(5,6)7/h9,11,13-17,19,21,23,26H,10,12,18,20H2,1-8H3/t23?,26-/m1/s1. The fourth-order valence-corrected chi connectivity index (χ4v) is 5.55. The van der Waals surface area contributed by atoms with E-state index in [0.29, 0.717) is 48.6 Å². The van der Waals surface area contributed by atoms with Crippen LogP contribution in [0.15, 0.2) is 48.8 Å². The molecule has 1 fully saturated rings. The number of amides is 2. The van der Waals surface area contributed by atoms with Crippen molar-refractivity contribution in [3.8, 4) is 22.6 Å². The number of likely N-dealkylation sites (tertiary alicyclic amines) is 1. The number of hydrogen-bond acceptors (Lipinski definition) is 11. The van der Waals surface area contributed by atoms with E-state index in [0.717, 1.165) is 11.1 Å². The molecule has 49 heavy (non-hydrogen) atoms. The van der Waals surface area contributed by atoms with E-state index in [-0.39, 0.29) is 23.9 Å². The molecule has 2 amide bonds. The van der Waals surface area contributed by atoms with Crippen molar-refractivity contribution < 1.29 is 28.6 Å². The molecule has 1 saturated heterocycles. The van der Waals surface area contributed by atoms with Gasteiger partial charge in [-0.15, -0.1) is 15.0 Å². The van der Waals surface area contributed by atoms with Crippen LogP contribution in [0, 0.1) is 6.92 Å². The second kappa shape index (κ2) is 14.4. The monoisotopic (exact) mass is 673 g/mol. The predicted octanol–water partition coefficient (Wildman–Crippen LogP) is 5.57. The molecule has 1 aliphatic heterocycles. The molecule has 1 aromatic carbocycles. The van der Waals surface area contributed by atoms with Crippen LogP contribution < -0.4 is 4.90 Å². The third-order valence-corrected chi connectivity index (χ3v) is 7.79. The number of pyridine rings is 1. The zero-order valence-electron chi connectivity index (χ0n) is 29.2. The highest BCUT2D eigenvalue weighted by Crippen LogP contribution is 2.32. The van der Waals surface area contributed by atoms with Crippen LogP contribution in [0.3, 0.4) is 0 Å². The van der Waals surface area contributed by atoms with Crippen LogP contribution in [0.2, 0.25) is 0 Å². The topological polar surface area (TPSA) is 160 Å². The van der Waals surface area contributed by atoms with Crippen molar-refractivity contribution in [1.82, 2.24) is 39.9 Å². The molecule has 0 N–H and O–H groups in total. The summed E-state index contributed by atoms with van der Waals surface area (Å²) in [7, 11) is 1.76. The number of aryl methyl sites for hydroxylation is 2.